The lowest BCUT2D eigenvalue weighted by Gasteiger charge is -2.17. The fraction of sp³-hybridized carbons (Fsp3) is 0.263. The molecule has 0 saturated carbocycles. The molecule has 7 nitrogen and oxygen atoms in total. The Bertz CT molecular complexity index is 747. The first kappa shape index (κ1) is 19.1. The molecule has 0 aliphatic heterocycles. The van der Waals surface area contributed by atoms with E-state index in [-0.39, 0.29) is 13.0 Å². The van der Waals surface area contributed by atoms with Gasteiger partial charge in [-0.15, -0.1) is 0 Å². The van der Waals surface area contributed by atoms with Gasteiger partial charge in [-0.25, -0.2) is 9.59 Å². The van der Waals surface area contributed by atoms with E-state index in [2.05, 4.69) is 5.32 Å². The van der Waals surface area contributed by atoms with Crippen LogP contribution in [0.2, 0.25) is 0 Å². The number of methoxy groups -OCH3 is 2. The third-order valence-electron chi connectivity index (χ3n) is 3.71. The zero-order chi connectivity index (χ0) is 18.9. The Hall–Kier alpha value is -3.22. The van der Waals surface area contributed by atoms with Gasteiger partial charge in [-0.05, 0) is 23.8 Å². The molecule has 0 aliphatic carbocycles. The van der Waals surface area contributed by atoms with Crippen LogP contribution in [-0.4, -0.2) is 37.4 Å². The molecule has 1 amide bonds. The molecule has 0 saturated heterocycles. The van der Waals surface area contributed by atoms with Gasteiger partial charge in [-0.2, -0.15) is 0 Å². The van der Waals surface area contributed by atoms with Gasteiger partial charge >= 0.3 is 12.1 Å². The second-order valence-corrected chi connectivity index (χ2v) is 5.48. The summed E-state index contributed by atoms with van der Waals surface area (Å²) < 4.78 is 15.5. The number of aliphatic carboxylic acids is 1. The molecule has 0 fully saturated rings. The van der Waals surface area contributed by atoms with Gasteiger partial charge in [-0.3, -0.25) is 0 Å². The highest BCUT2D eigenvalue weighted by Crippen LogP contribution is 2.25. The first-order valence-electron chi connectivity index (χ1n) is 7.94. The summed E-state index contributed by atoms with van der Waals surface area (Å²) in [6.07, 6.45) is -0.779. The molecule has 138 valence electrons. The molecular formula is C19H21NO6. The quantitative estimate of drug-likeness (QED) is 0.752. The van der Waals surface area contributed by atoms with Crippen LogP contribution in [-0.2, 0) is 22.6 Å². The summed E-state index contributed by atoms with van der Waals surface area (Å²) in [5.41, 5.74) is 1.41. The average molecular weight is 359 g/mol. The number of ether oxygens (including phenoxy) is 3. The fourth-order valence-corrected chi connectivity index (χ4v) is 2.37. The van der Waals surface area contributed by atoms with Crippen LogP contribution in [0.4, 0.5) is 4.79 Å². The van der Waals surface area contributed by atoms with Crippen molar-refractivity contribution in [1.29, 1.82) is 0 Å². The summed E-state index contributed by atoms with van der Waals surface area (Å²) in [6.45, 7) is 0.0570. The molecule has 2 aromatic carbocycles. The third kappa shape index (κ3) is 5.41. The summed E-state index contributed by atoms with van der Waals surface area (Å²) >= 11 is 0. The predicted molar refractivity (Wildman–Crippen MR) is 94.4 cm³/mol. The van der Waals surface area contributed by atoms with Gasteiger partial charge in [-0.1, -0.05) is 30.3 Å². The maximum Gasteiger partial charge on any atom is 0.408 e. The molecule has 1 unspecified atom stereocenters. The molecule has 2 rings (SSSR count). The highest BCUT2D eigenvalue weighted by atomic mass is 16.5. The number of rotatable bonds is 8. The van der Waals surface area contributed by atoms with Crippen LogP contribution < -0.4 is 14.8 Å². The number of carboxylic acid groups (broad SMARTS) is 1. The smallest absolute Gasteiger partial charge is 0.408 e. The number of benzene rings is 2. The molecule has 0 aromatic heterocycles. The van der Waals surface area contributed by atoms with Crippen LogP contribution in [0, 0.1) is 0 Å². The molecule has 26 heavy (non-hydrogen) atoms. The van der Waals surface area contributed by atoms with Gasteiger partial charge in [0.1, 0.15) is 24.1 Å². The number of carbonyl (C=O) groups is 2. The lowest BCUT2D eigenvalue weighted by Crippen LogP contribution is -2.42. The van der Waals surface area contributed by atoms with Gasteiger partial charge in [0.05, 0.1) is 14.2 Å². The number of alkyl carbamates (subject to hydrolysis) is 1. The van der Waals surface area contributed by atoms with Crippen molar-refractivity contribution >= 4 is 12.1 Å². The van der Waals surface area contributed by atoms with Crippen molar-refractivity contribution in [2.45, 2.75) is 19.1 Å². The van der Waals surface area contributed by atoms with Crippen molar-refractivity contribution < 1.29 is 28.9 Å². The normalized spacial score (nSPS) is 11.3. The second-order valence-electron chi connectivity index (χ2n) is 5.48. The molecule has 0 bridgehead atoms. The molecule has 0 aliphatic rings. The maximum absolute atomic E-state index is 11.9. The van der Waals surface area contributed by atoms with E-state index in [9.17, 15) is 14.7 Å². The number of hydrogen-bond donors (Lipinski definition) is 2. The Morgan fingerprint density at radius 2 is 1.81 bits per heavy atom. The largest absolute Gasteiger partial charge is 0.497 e. The minimum absolute atomic E-state index is 0.0240. The molecule has 2 N–H and O–H groups in total. The molecule has 2 aromatic rings. The van der Waals surface area contributed by atoms with Crippen molar-refractivity contribution in [3.63, 3.8) is 0 Å². The Labute approximate surface area is 151 Å². The van der Waals surface area contributed by atoms with E-state index in [4.69, 9.17) is 14.2 Å². The van der Waals surface area contributed by atoms with Crippen molar-refractivity contribution in [3.8, 4) is 11.5 Å². The van der Waals surface area contributed by atoms with E-state index in [1.165, 1.54) is 14.2 Å². The van der Waals surface area contributed by atoms with Gasteiger partial charge in [0.25, 0.3) is 0 Å². The molecule has 0 radical (unpaired) electrons. The van der Waals surface area contributed by atoms with E-state index in [0.717, 1.165) is 5.56 Å². The van der Waals surface area contributed by atoms with Crippen molar-refractivity contribution in [2.24, 2.45) is 0 Å². The SMILES string of the molecule is COc1ccc(OC)c(CC(NC(=O)OCc2ccccc2)C(=O)O)c1. The molecule has 0 heterocycles. The zero-order valence-corrected chi connectivity index (χ0v) is 14.6. The predicted octanol–water partition coefficient (Wildman–Crippen LogP) is 2.63. The number of amides is 1. The molecule has 7 heteroatoms. The fourth-order valence-electron chi connectivity index (χ4n) is 2.37. The minimum Gasteiger partial charge on any atom is -0.497 e. The third-order valence-corrected chi connectivity index (χ3v) is 3.71. The first-order valence-corrected chi connectivity index (χ1v) is 7.94. The van der Waals surface area contributed by atoms with Crippen LogP contribution in [0.15, 0.2) is 48.5 Å². The van der Waals surface area contributed by atoms with Gasteiger partial charge in [0, 0.05) is 12.0 Å². The lowest BCUT2D eigenvalue weighted by atomic mass is 10.0. The number of carbonyl (C=O) groups excluding carboxylic acids is 1. The summed E-state index contributed by atoms with van der Waals surface area (Å²) in [6, 6.07) is 13.0. The topological polar surface area (TPSA) is 94.1 Å². The summed E-state index contributed by atoms with van der Waals surface area (Å²) in [5, 5.41) is 11.8. The Balaban J connectivity index is 2.02. The zero-order valence-electron chi connectivity index (χ0n) is 14.6. The van der Waals surface area contributed by atoms with E-state index in [1.54, 1.807) is 18.2 Å². The monoisotopic (exact) mass is 359 g/mol. The van der Waals surface area contributed by atoms with Gasteiger partial charge in [0.15, 0.2) is 0 Å². The maximum atomic E-state index is 11.9. The molecular weight excluding hydrogens is 338 g/mol. The Morgan fingerprint density at radius 3 is 2.42 bits per heavy atom. The number of nitrogens with one attached hydrogen (secondary N) is 1. The van der Waals surface area contributed by atoms with Crippen LogP contribution in [0.25, 0.3) is 0 Å². The highest BCUT2D eigenvalue weighted by molar-refractivity contribution is 5.80. The van der Waals surface area contributed by atoms with E-state index < -0.39 is 18.1 Å². The van der Waals surface area contributed by atoms with Crippen molar-refractivity contribution in [1.82, 2.24) is 5.32 Å². The lowest BCUT2D eigenvalue weighted by molar-refractivity contribution is -0.139. The summed E-state index contributed by atoms with van der Waals surface area (Å²) in [4.78, 5) is 23.5. The van der Waals surface area contributed by atoms with E-state index in [0.29, 0.717) is 17.1 Å². The highest BCUT2D eigenvalue weighted by Gasteiger charge is 2.23. The number of hydrogen-bond acceptors (Lipinski definition) is 5. The van der Waals surface area contributed by atoms with E-state index in [1.807, 2.05) is 30.3 Å². The molecule has 1 atom stereocenters. The standard InChI is InChI=1S/C19H21NO6/c1-24-15-8-9-17(25-2)14(10-15)11-16(18(21)22)20-19(23)26-12-13-6-4-3-5-7-13/h3-10,16H,11-12H2,1-2H3,(H,20,23)(H,21,22). The van der Waals surface area contributed by atoms with Crippen molar-refractivity contribution in [3.05, 3.63) is 59.7 Å². The van der Waals surface area contributed by atoms with Crippen LogP contribution in [0.5, 0.6) is 11.5 Å². The van der Waals surface area contributed by atoms with Crippen LogP contribution in [0.3, 0.4) is 0 Å². The van der Waals surface area contributed by atoms with Crippen molar-refractivity contribution in [2.75, 3.05) is 14.2 Å². The first-order chi connectivity index (χ1) is 12.5. The second kappa shape index (κ2) is 9.31. The minimum atomic E-state index is -1.17. The summed E-state index contributed by atoms with van der Waals surface area (Å²) in [5.74, 6) is -0.0976. The van der Waals surface area contributed by atoms with Crippen LogP contribution >= 0.6 is 0 Å². The van der Waals surface area contributed by atoms with Gasteiger partial charge in [0.2, 0.25) is 0 Å². The van der Waals surface area contributed by atoms with Crippen LogP contribution in [0.1, 0.15) is 11.1 Å². The Morgan fingerprint density at radius 1 is 1.08 bits per heavy atom. The average Bonchev–Trinajstić information content (AvgIpc) is 2.66. The number of carboxylic acids is 1. The van der Waals surface area contributed by atoms with E-state index >= 15 is 0 Å². The molecule has 0 spiro atoms. The van der Waals surface area contributed by atoms with Gasteiger partial charge < -0.3 is 24.6 Å². The Kier molecular flexibility index (Phi) is 6.84. The summed E-state index contributed by atoms with van der Waals surface area (Å²) in [7, 11) is 3.00.